The number of pyridine rings is 1. The number of nitrogens with zero attached hydrogens (tertiary/aromatic N) is 5. The molecule has 1 aliphatic carbocycles. The van der Waals surface area contributed by atoms with Gasteiger partial charge in [0.25, 0.3) is 5.91 Å². The van der Waals surface area contributed by atoms with E-state index in [0.717, 1.165) is 17.3 Å². The van der Waals surface area contributed by atoms with E-state index in [2.05, 4.69) is 41.3 Å². The van der Waals surface area contributed by atoms with Crippen molar-refractivity contribution in [2.75, 3.05) is 0 Å². The van der Waals surface area contributed by atoms with E-state index >= 15 is 0 Å². The number of amides is 1. The van der Waals surface area contributed by atoms with Crippen LogP contribution in [-0.2, 0) is 5.54 Å². The van der Waals surface area contributed by atoms with E-state index in [1.807, 2.05) is 0 Å². The zero-order valence-corrected chi connectivity index (χ0v) is 16.6. The zero-order chi connectivity index (χ0) is 20.0. The summed E-state index contributed by atoms with van der Waals surface area (Å²) in [6, 6.07) is 5.97. The van der Waals surface area contributed by atoms with Crippen LogP contribution in [0.5, 0.6) is 0 Å². The summed E-state index contributed by atoms with van der Waals surface area (Å²) in [6.45, 7) is 0. The summed E-state index contributed by atoms with van der Waals surface area (Å²) >= 11 is 3.32. The van der Waals surface area contributed by atoms with Crippen LogP contribution in [0.4, 0.5) is 4.39 Å². The van der Waals surface area contributed by atoms with Gasteiger partial charge in [-0.1, -0.05) is 0 Å². The number of fused-ring (bicyclic) bond motifs is 1. The molecular weight excluding hydrogens is 439 g/mol. The highest BCUT2D eigenvalue weighted by Crippen LogP contribution is 2.44. The minimum atomic E-state index is -0.549. The highest BCUT2D eigenvalue weighted by molar-refractivity contribution is 9.10. The molecule has 1 amide bonds. The normalized spacial score (nSPS) is 14.7. The van der Waals surface area contributed by atoms with Crippen LogP contribution in [0.15, 0.2) is 59.7 Å². The van der Waals surface area contributed by atoms with E-state index in [0.29, 0.717) is 28.0 Å². The van der Waals surface area contributed by atoms with Crippen LogP contribution in [0.2, 0.25) is 0 Å². The first-order valence-corrected chi connectivity index (χ1v) is 9.73. The summed E-state index contributed by atoms with van der Waals surface area (Å²) in [4.78, 5) is 25.9. The van der Waals surface area contributed by atoms with Crippen LogP contribution in [0.3, 0.4) is 0 Å². The van der Waals surface area contributed by atoms with Crippen LogP contribution < -0.4 is 5.32 Å². The fourth-order valence-electron chi connectivity index (χ4n) is 3.28. The van der Waals surface area contributed by atoms with Gasteiger partial charge in [-0.05, 0) is 53.0 Å². The standard InChI is InChI=1S/C20H14BrFN6O/c21-12-7-24-19(25-8-12)20(5-6-20)27-18(29)16-9-23-11-17-15(16)10-26-28(17)14-3-1-13(22)2-4-14/h1-4,7-11H,5-6H2,(H,27,29). The summed E-state index contributed by atoms with van der Waals surface area (Å²) < 4.78 is 15.6. The maximum atomic E-state index is 13.2. The molecule has 0 atom stereocenters. The van der Waals surface area contributed by atoms with Gasteiger partial charge in [-0.15, -0.1) is 0 Å². The van der Waals surface area contributed by atoms with Gasteiger partial charge in [0.2, 0.25) is 0 Å². The molecule has 1 saturated carbocycles. The first-order valence-electron chi connectivity index (χ1n) is 8.94. The largest absolute Gasteiger partial charge is 0.339 e. The second-order valence-electron chi connectivity index (χ2n) is 6.91. The summed E-state index contributed by atoms with van der Waals surface area (Å²) in [5.74, 6) is 0.00950. The van der Waals surface area contributed by atoms with E-state index in [9.17, 15) is 9.18 Å². The lowest BCUT2D eigenvalue weighted by Gasteiger charge is -2.16. The molecule has 0 saturated heterocycles. The van der Waals surface area contributed by atoms with Gasteiger partial charge >= 0.3 is 0 Å². The van der Waals surface area contributed by atoms with E-state index < -0.39 is 5.54 Å². The van der Waals surface area contributed by atoms with Crippen molar-refractivity contribution in [1.29, 1.82) is 0 Å². The van der Waals surface area contributed by atoms with Crippen LogP contribution in [-0.4, -0.2) is 30.6 Å². The van der Waals surface area contributed by atoms with Crippen LogP contribution in [0, 0.1) is 5.82 Å². The van der Waals surface area contributed by atoms with Crippen molar-refractivity contribution in [3.05, 3.63) is 76.9 Å². The van der Waals surface area contributed by atoms with Crippen molar-refractivity contribution in [2.45, 2.75) is 18.4 Å². The molecule has 1 N–H and O–H groups in total. The first-order chi connectivity index (χ1) is 14.1. The molecule has 144 valence electrons. The molecule has 4 aromatic rings. The molecule has 0 aliphatic heterocycles. The Kier molecular flexibility index (Phi) is 4.13. The van der Waals surface area contributed by atoms with Crippen molar-refractivity contribution < 1.29 is 9.18 Å². The zero-order valence-electron chi connectivity index (χ0n) is 15.0. The number of carbonyl (C=O) groups excluding carboxylic acids is 1. The maximum absolute atomic E-state index is 13.2. The number of carbonyl (C=O) groups is 1. The lowest BCUT2D eigenvalue weighted by atomic mass is 10.1. The second-order valence-corrected chi connectivity index (χ2v) is 7.83. The van der Waals surface area contributed by atoms with Crippen molar-refractivity contribution in [2.24, 2.45) is 0 Å². The van der Waals surface area contributed by atoms with Crippen molar-refractivity contribution >= 4 is 32.7 Å². The molecule has 0 spiro atoms. The fraction of sp³-hybridized carbons (Fsp3) is 0.150. The lowest BCUT2D eigenvalue weighted by Crippen LogP contribution is -2.36. The molecule has 9 heteroatoms. The Morgan fingerprint density at radius 1 is 1.07 bits per heavy atom. The monoisotopic (exact) mass is 452 g/mol. The number of benzene rings is 1. The number of halogens is 2. The summed E-state index contributed by atoms with van der Waals surface area (Å²) in [7, 11) is 0. The predicted molar refractivity (Wildman–Crippen MR) is 107 cm³/mol. The van der Waals surface area contributed by atoms with Crippen LogP contribution in [0.25, 0.3) is 16.6 Å². The SMILES string of the molecule is O=C(NC1(c2ncc(Br)cn2)CC1)c1cncc2c1cnn2-c1ccc(F)cc1. The Hall–Kier alpha value is -3.20. The molecule has 0 bridgehead atoms. The van der Waals surface area contributed by atoms with Crippen LogP contribution in [0.1, 0.15) is 29.0 Å². The van der Waals surface area contributed by atoms with Crippen molar-refractivity contribution in [3.63, 3.8) is 0 Å². The van der Waals surface area contributed by atoms with Gasteiger partial charge in [0, 0.05) is 24.0 Å². The highest BCUT2D eigenvalue weighted by Gasteiger charge is 2.48. The molecule has 1 fully saturated rings. The number of aromatic nitrogens is 5. The average Bonchev–Trinajstić information content (AvgIpc) is 3.38. The number of hydrogen-bond donors (Lipinski definition) is 1. The minimum absolute atomic E-state index is 0.259. The first kappa shape index (κ1) is 17.9. The third kappa shape index (κ3) is 3.17. The Bertz CT molecular complexity index is 1220. The lowest BCUT2D eigenvalue weighted by molar-refractivity contribution is 0.0930. The van der Waals surface area contributed by atoms with E-state index in [1.54, 1.807) is 41.6 Å². The molecule has 5 rings (SSSR count). The maximum Gasteiger partial charge on any atom is 0.254 e. The Balaban J connectivity index is 1.48. The molecule has 0 unspecified atom stereocenters. The van der Waals surface area contributed by atoms with Crippen molar-refractivity contribution in [3.8, 4) is 5.69 Å². The Labute approximate surface area is 173 Å². The molecule has 7 nitrogen and oxygen atoms in total. The average molecular weight is 453 g/mol. The third-order valence-corrected chi connectivity index (χ3v) is 5.37. The number of nitrogens with one attached hydrogen (secondary N) is 1. The van der Waals surface area contributed by atoms with Gasteiger partial charge in [0.1, 0.15) is 11.4 Å². The summed E-state index contributed by atoms with van der Waals surface area (Å²) in [6.07, 6.45) is 9.66. The molecule has 3 heterocycles. The molecule has 1 aromatic carbocycles. The quantitative estimate of drug-likeness (QED) is 0.511. The molecular formula is C20H14BrFN6O. The molecule has 0 radical (unpaired) electrons. The van der Waals surface area contributed by atoms with E-state index in [-0.39, 0.29) is 11.7 Å². The fourth-order valence-corrected chi connectivity index (χ4v) is 3.49. The smallest absolute Gasteiger partial charge is 0.254 e. The summed E-state index contributed by atoms with van der Waals surface area (Å²) in [5, 5.41) is 8.09. The summed E-state index contributed by atoms with van der Waals surface area (Å²) in [5.41, 5.74) is 1.21. The van der Waals surface area contributed by atoms with Crippen molar-refractivity contribution in [1.82, 2.24) is 30.0 Å². The van der Waals surface area contributed by atoms with Gasteiger partial charge < -0.3 is 5.32 Å². The Morgan fingerprint density at radius 2 is 1.79 bits per heavy atom. The van der Waals surface area contributed by atoms with Gasteiger partial charge in [0.05, 0.1) is 33.6 Å². The van der Waals surface area contributed by atoms with Gasteiger partial charge in [0.15, 0.2) is 5.82 Å². The van der Waals surface area contributed by atoms with Crippen LogP contribution >= 0.6 is 15.9 Å². The van der Waals surface area contributed by atoms with Gasteiger partial charge in [-0.3, -0.25) is 9.78 Å². The molecule has 3 aromatic heterocycles. The van der Waals surface area contributed by atoms with E-state index in [1.165, 1.54) is 18.3 Å². The minimum Gasteiger partial charge on any atom is -0.339 e. The number of hydrogen-bond acceptors (Lipinski definition) is 5. The predicted octanol–water partition coefficient (Wildman–Crippen LogP) is 3.53. The van der Waals surface area contributed by atoms with E-state index in [4.69, 9.17) is 0 Å². The molecule has 1 aliphatic rings. The second kappa shape index (κ2) is 6.70. The van der Waals surface area contributed by atoms with Gasteiger partial charge in [-0.25, -0.2) is 19.0 Å². The van der Waals surface area contributed by atoms with Gasteiger partial charge in [-0.2, -0.15) is 5.10 Å². The topological polar surface area (TPSA) is 85.6 Å². The Morgan fingerprint density at radius 3 is 2.48 bits per heavy atom. The third-order valence-electron chi connectivity index (χ3n) is 4.96. The highest BCUT2D eigenvalue weighted by atomic mass is 79.9. The molecule has 29 heavy (non-hydrogen) atoms. The number of rotatable bonds is 4.